The summed E-state index contributed by atoms with van der Waals surface area (Å²) in [4.78, 5) is 29.0. The molecule has 4 rings (SSSR count). The lowest BCUT2D eigenvalue weighted by molar-refractivity contribution is -0.130. The van der Waals surface area contributed by atoms with Gasteiger partial charge in [-0.2, -0.15) is 0 Å². The summed E-state index contributed by atoms with van der Waals surface area (Å²) < 4.78 is 5.77. The van der Waals surface area contributed by atoms with Gasteiger partial charge < -0.3 is 19.9 Å². The van der Waals surface area contributed by atoms with Crippen LogP contribution in [0, 0.1) is 5.92 Å². The molecular weight excluding hydrogens is 366 g/mol. The molecule has 1 saturated heterocycles. The largest absolute Gasteiger partial charge is 0.478 e. The minimum Gasteiger partial charge on any atom is -0.478 e. The van der Waals surface area contributed by atoms with E-state index in [4.69, 9.17) is 4.74 Å². The zero-order chi connectivity index (χ0) is 20.4. The van der Waals surface area contributed by atoms with Crippen molar-refractivity contribution >= 4 is 28.9 Å². The number of piperidine rings is 1. The summed E-state index contributed by atoms with van der Waals surface area (Å²) in [5.74, 6) is 0.956. The molecular formula is C23H27N3O3. The highest BCUT2D eigenvalue weighted by atomic mass is 16.5. The van der Waals surface area contributed by atoms with E-state index in [0.717, 1.165) is 30.4 Å². The van der Waals surface area contributed by atoms with Gasteiger partial charge in [-0.15, -0.1) is 0 Å². The van der Waals surface area contributed by atoms with Gasteiger partial charge >= 0.3 is 0 Å². The van der Waals surface area contributed by atoms with Gasteiger partial charge in [-0.3, -0.25) is 9.59 Å². The van der Waals surface area contributed by atoms with E-state index < -0.39 is 6.10 Å². The Labute approximate surface area is 171 Å². The van der Waals surface area contributed by atoms with Crippen molar-refractivity contribution in [2.75, 3.05) is 35.3 Å². The lowest BCUT2D eigenvalue weighted by Crippen LogP contribution is -2.45. The molecule has 1 atom stereocenters. The van der Waals surface area contributed by atoms with E-state index in [0.29, 0.717) is 5.75 Å². The number of ether oxygens (including phenoxy) is 1. The third-order valence-corrected chi connectivity index (χ3v) is 5.77. The maximum Gasteiger partial charge on any atom is 0.268 e. The number of fused-ring (bicyclic) bond motifs is 1. The number of hydrogen-bond donors (Lipinski definition) is 1. The smallest absolute Gasteiger partial charge is 0.268 e. The van der Waals surface area contributed by atoms with Crippen LogP contribution in [-0.2, 0) is 9.59 Å². The summed E-state index contributed by atoms with van der Waals surface area (Å²) >= 11 is 0. The van der Waals surface area contributed by atoms with Crippen molar-refractivity contribution in [3.8, 4) is 5.75 Å². The number of amides is 2. The van der Waals surface area contributed by atoms with E-state index >= 15 is 0 Å². The van der Waals surface area contributed by atoms with Crippen LogP contribution in [0.2, 0.25) is 0 Å². The lowest BCUT2D eigenvalue weighted by Gasteiger charge is -2.32. The number of carbonyl (C=O) groups excluding carboxylic acids is 2. The van der Waals surface area contributed by atoms with Gasteiger partial charge in [0.1, 0.15) is 5.75 Å². The molecule has 0 spiro atoms. The second-order valence-electron chi connectivity index (χ2n) is 7.94. The number of nitrogens with one attached hydrogen (secondary N) is 1. The predicted octanol–water partition coefficient (Wildman–Crippen LogP) is 3.68. The third-order valence-electron chi connectivity index (χ3n) is 5.77. The van der Waals surface area contributed by atoms with Crippen LogP contribution in [0.5, 0.6) is 5.75 Å². The normalized spacial score (nSPS) is 19.5. The number of carbonyl (C=O) groups is 2. The van der Waals surface area contributed by atoms with E-state index in [1.807, 2.05) is 48.5 Å². The fourth-order valence-electron chi connectivity index (χ4n) is 3.90. The molecule has 2 aromatic rings. The van der Waals surface area contributed by atoms with Gasteiger partial charge in [0.15, 0.2) is 6.10 Å². The molecule has 1 fully saturated rings. The molecule has 2 heterocycles. The Bertz CT molecular complexity index is 888. The quantitative estimate of drug-likeness (QED) is 0.861. The van der Waals surface area contributed by atoms with Crippen molar-refractivity contribution in [2.45, 2.75) is 32.3 Å². The summed E-state index contributed by atoms with van der Waals surface area (Å²) in [5.41, 5.74) is 2.62. The molecule has 2 aliphatic heterocycles. The van der Waals surface area contributed by atoms with Crippen LogP contribution in [0.15, 0.2) is 48.5 Å². The standard InChI is InChI=1S/C23H27N3O3/c1-16-11-13-26(14-12-16)18-9-7-17(8-10-18)24-22(27)15-21-23(28)25(2)19-5-3-4-6-20(19)29-21/h3-10,16,21H,11-15H2,1-2H3,(H,24,27). The molecule has 2 aromatic carbocycles. The first kappa shape index (κ1) is 19.3. The van der Waals surface area contributed by atoms with Crippen LogP contribution in [0.1, 0.15) is 26.2 Å². The molecule has 6 heteroatoms. The molecule has 6 nitrogen and oxygen atoms in total. The first-order chi connectivity index (χ1) is 14.0. The number of para-hydroxylation sites is 2. The lowest BCUT2D eigenvalue weighted by atomic mass is 9.99. The molecule has 2 aliphatic rings. The summed E-state index contributed by atoms with van der Waals surface area (Å²) in [5, 5.41) is 2.88. The number of benzene rings is 2. The molecule has 0 aliphatic carbocycles. The van der Waals surface area contributed by atoms with Gasteiger partial charge in [0.2, 0.25) is 5.91 Å². The van der Waals surface area contributed by atoms with E-state index in [1.165, 1.54) is 18.5 Å². The van der Waals surface area contributed by atoms with E-state index in [-0.39, 0.29) is 18.2 Å². The van der Waals surface area contributed by atoms with Gasteiger partial charge in [0.05, 0.1) is 12.1 Å². The van der Waals surface area contributed by atoms with Crippen molar-refractivity contribution in [2.24, 2.45) is 5.92 Å². The van der Waals surface area contributed by atoms with Gasteiger partial charge in [-0.1, -0.05) is 19.1 Å². The van der Waals surface area contributed by atoms with Crippen LogP contribution >= 0.6 is 0 Å². The van der Waals surface area contributed by atoms with Crippen LogP contribution in [0.3, 0.4) is 0 Å². The number of likely N-dealkylation sites (N-methyl/N-ethyl adjacent to an activating group) is 1. The minimum absolute atomic E-state index is 0.0245. The number of hydrogen-bond acceptors (Lipinski definition) is 4. The molecule has 0 saturated carbocycles. The molecule has 152 valence electrons. The Balaban J connectivity index is 1.36. The fourth-order valence-corrected chi connectivity index (χ4v) is 3.90. The monoisotopic (exact) mass is 393 g/mol. The summed E-state index contributed by atoms with van der Waals surface area (Å²) in [6.07, 6.45) is 1.59. The van der Waals surface area contributed by atoms with Crippen LogP contribution < -0.4 is 19.9 Å². The van der Waals surface area contributed by atoms with Gasteiger partial charge in [-0.05, 0) is 55.2 Å². The van der Waals surface area contributed by atoms with Gasteiger partial charge in [0, 0.05) is 31.5 Å². The SMILES string of the molecule is CC1CCN(c2ccc(NC(=O)CC3Oc4ccccc4N(C)C3=O)cc2)CC1. The van der Waals surface area contributed by atoms with E-state index in [2.05, 4.69) is 17.1 Å². The van der Waals surface area contributed by atoms with Crippen molar-refractivity contribution in [1.29, 1.82) is 0 Å². The van der Waals surface area contributed by atoms with Crippen molar-refractivity contribution in [1.82, 2.24) is 0 Å². The Morgan fingerprint density at radius 3 is 2.52 bits per heavy atom. The second kappa shape index (κ2) is 8.15. The average molecular weight is 393 g/mol. The summed E-state index contributed by atoms with van der Waals surface area (Å²) in [6.45, 7) is 4.44. The average Bonchev–Trinajstić information content (AvgIpc) is 2.73. The number of rotatable bonds is 4. The maximum atomic E-state index is 12.5. The maximum absolute atomic E-state index is 12.5. The predicted molar refractivity (Wildman–Crippen MR) is 115 cm³/mol. The van der Waals surface area contributed by atoms with Gasteiger partial charge in [-0.25, -0.2) is 0 Å². The number of anilines is 3. The van der Waals surface area contributed by atoms with Crippen molar-refractivity contribution < 1.29 is 14.3 Å². The zero-order valence-electron chi connectivity index (χ0n) is 16.9. The topological polar surface area (TPSA) is 61.9 Å². The second-order valence-corrected chi connectivity index (χ2v) is 7.94. The minimum atomic E-state index is -0.815. The van der Waals surface area contributed by atoms with Crippen molar-refractivity contribution in [3.05, 3.63) is 48.5 Å². The highest BCUT2D eigenvalue weighted by Gasteiger charge is 2.33. The Morgan fingerprint density at radius 2 is 1.79 bits per heavy atom. The van der Waals surface area contributed by atoms with E-state index in [1.54, 1.807) is 11.9 Å². The van der Waals surface area contributed by atoms with E-state index in [9.17, 15) is 9.59 Å². The van der Waals surface area contributed by atoms with Crippen LogP contribution in [0.25, 0.3) is 0 Å². The Kier molecular flexibility index (Phi) is 5.43. The van der Waals surface area contributed by atoms with Crippen LogP contribution in [-0.4, -0.2) is 38.1 Å². The molecule has 1 N–H and O–H groups in total. The first-order valence-corrected chi connectivity index (χ1v) is 10.2. The molecule has 0 aromatic heterocycles. The molecule has 2 amide bonds. The molecule has 29 heavy (non-hydrogen) atoms. The Hall–Kier alpha value is -3.02. The van der Waals surface area contributed by atoms with Gasteiger partial charge in [0.25, 0.3) is 5.91 Å². The highest BCUT2D eigenvalue weighted by Crippen LogP contribution is 2.33. The van der Waals surface area contributed by atoms with Crippen molar-refractivity contribution in [3.63, 3.8) is 0 Å². The molecule has 1 unspecified atom stereocenters. The molecule has 0 radical (unpaired) electrons. The number of nitrogens with zero attached hydrogens (tertiary/aromatic N) is 2. The first-order valence-electron chi connectivity index (χ1n) is 10.2. The highest BCUT2D eigenvalue weighted by molar-refractivity contribution is 6.03. The zero-order valence-corrected chi connectivity index (χ0v) is 16.9. The summed E-state index contributed by atoms with van der Waals surface area (Å²) in [7, 11) is 1.70. The summed E-state index contributed by atoms with van der Waals surface area (Å²) in [6, 6.07) is 15.2. The third kappa shape index (κ3) is 4.21. The van der Waals surface area contributed by atoms with Crippen LogP contribution in [0.4, 0.5) is 17.1 Å². The molecule has 0 bridgehead atoms. The fraction of sp³-hybridized carbons (Fsp3) is 0.391. The Morgan fingerprint density at radius 1 is 1.10 bits per heavy atom.